The Bertz CT molecular complexity index is 1100. The lowest BCUT2D eigenvalue weighted by molar-refractivity contribution is -0.0947. The molecule has 1 spiro atoms. The Morgan fingerprint density at radius 2 is 1.70 bits per heavy atom. The van der Waals surface area contributed by atoms with E-state index in [1.54, 1.807) is 6.08 Å². The maximum Gasteiger partial charge on any atom is 0.419 e. The van der Waals surface area contributed by atoms with Crippen molar-refractivity contribution in [2.45, 2.75) is 51.2 Å². The van der Waals surface area contributed by atoms with Crippen molar-refractivity contribution in [1.29, 1.82) is 0 Å². The summed E-state index contributed by atoms with van der Waals surface area (Å²) >= 11 is 0. The Hall–Kier alpha value is -2.64. The molecule has 3 heterocycles. The number of aromatic nitrogens is 1. The average Bonchev–Trinajstić information content (AvgIpc) is 3.30. The Morgan fingerprint density at radius 1 is 0.973 bits per heavy atom. The summed E-state index contributed by atoms with van der Waals surface area (Å²) in [4.78, 5) is 9.65. The van der Waals surface area contributed by atoms with E-state index in [9.17, 15) is 13.2 Å². The van der Waals surface area contributed by atoms with E-state index in [-0.39, 0.29) is 23.8 Å². The number of likely N-dealkylation sites (tertiary alicyclic amines) is 2. The van der Waals surface area contributed by atoms with Crippen LogP contribution in [0, 0.1) is 12.3 Å². The predicted octanol–water partition coefficient (Wildman–Crippen LogP) is 6.45. The van der Waals surface area contributed by atoms with E-state index in [0.29, 0.717) is 19.4 Å². The quantitative estimate of drug-likeness (QED) is 0.427. The van der Waals surface area contributed by atoms with E-state index >= 15 is 0 Å². The first kappa shape index (κ1) is 26.0. The molecule has 1 atom stereocenters. The van der Waals surface area contributed by atoms with Gasteiger partial charge in [-0.2, -0.15) is 13.2 Å². The van der Waals surface area contributed by atoms with Crippen LogP contribution in [0.25, 0.3) is 0 Å². The van der Waals surface area contributed by atoms with Crippen LogP contribution in [0.4, 0.5) is 13.2 Å². The van der Waals surface area contributed by atoms with Crippen LogP contribution < -0.4 is 0 Å². The van der Waals surface area contributed by atoms with Gasteiger partial charge in [0.2, 0.25) is 0 Å². The van der Waals surface area contributed by atoms with Gasteiger partial charge < -0.3 is 4.74 Å². The van der Waals surface area contributed by atoms with Crippen molar-refractivity contribution in [1.82, 2.24) is 14.8 Å². The molecule has 1 aromatic carbocycles. The number of ether oxygens (including phenoxy) is 1. The van der Waals surface area contributed by atoms with Gasteiger partial charge in [-0.25, -0.2) is 0 Å². The zero-order valence-electron chi connectivity index (χ0n) is 21.5. The summed E-state index contributed by atoms with van der Waals surface area (Å²) in [7, 11) is 0. The normalized spacial score (nSPS) is 21.5. The van der Waals surface area contributed by atoms with E-state index in [2.05, 4.69) is 53.1 Å². The van der Waals surface area contributed by atoms with Crippen molar-refractivity contribution in [3.63, 3.8) is 0 Å². The zero-order chi connectivity index (χ0) is 25.9. The number of alkyl halides is 3. The van der Waals surface area contributed by atoms with Gasteiger partial charge in [-0.3, -0.25) is 14.8 Å². The molecule has 4 nitrogen and oxygen atoms in total. The second-order valence-corrected chi connectivity index (χ2v) is 10.7. The van der Waals surface area contributed by atoms with Crippen molar-refractivity contribution >= 4 is 0 Å². The highest BCUT2D eigenvalue weighted by Gasteiger charge is 2.43. The number of benzene rings is 1. The first-order valence-electron chi connectivity index (χ1n) is 13.4. The van der Waals surface area contributed by atoms with E-state index in [1.165, 1.54) is 23.6 Å². The van der Waals surface area contributed by atoms with Crippen LogP contribution in [0.5, 0.6) is 0 Å². The second-order valence-electron chi connectivity index (χ2n) is 10.7. The molecule has 37 heavy (non-hydrogen) atoms. The van der Waals surface area contributed by atoms with E-state index < -0.39 is 11.7 Å². The first-order chi connectivity index (χ1) is 17.8. The van der Waals surface area contributed by atoms with Crippen molar-refractivity contribution in [3.8, 4) is 0 Å². The van der Waals surface area contributed by atoms with Crippen LogP contribution in [-0.2, 0) is 4.74 Å². The number of pyridine rings is 1. The lowest BCUT2D eigenvalue weighted by atomic mass is 9.77. The van der Waals surface area contributed by atoms with Crippen LogP contribution in [0.1, 0.15) is 55.0 Å². The van der Waals surface area contributed by atoms with Crippen molar-refractivity contribution in [2.75, 3.05) is 39.3 Å². The number of aryl methyl sites for hydroxylation is 1. The highest BCUT2D eigenvalue weighted by atomic mass is 19.4. The fourth-order valence-corrected chi connectivity index (χ4v) is 6.03. The molecule has 0 saturated carbocycles. The molecule has 5 rings (SSSR count). The largest absolute Gasteiger partial charge is 0.492 e. The summed E-state index contributed by atoms with van der Waals surface area (Å²) in [5.41, 5.74) is 3.27. The molecule has 2 aliphatic heterocycles. The molecule has 2 fully saturated rings. The molecule has 198 valence electrons. The molecule has 1 unspecified atom stereocenters. The Morgan fingerprint density at radius 3 is 2.41 bits per heavy atom. The van der Waals surface area contributed by atoms with Crippen LogP contribution in [0.2, 0.25) is 0 Å². The van der Waals surface area contributed by atoms with Crippen LogP contribution >= 0.6 is 0 Å². The zero-order valence-corrected chi connectivity index (χ0v) is 21.5. The van der Waals surface area contributed by atoms with Gasteiger partial charge in [0.15, 0.2) is 0 Å². The molecule has 2 aromatic rings. The Kier molecular flexibility index (Phi) is 7.72. The maximum atomic E-state index is 13.3. The monoisotopic (exact) mass is 511 g/mol. The molecular weight excluding hydrogens is 475 g/mol. The number of hydrogen-bond acceptors (Lipinski definition) is 4. The molecule has 0 bridgehead atoms. The van der Waals surface area contributed by atoms with Crippen molar-refractivity contribution < 1.29 is 17.9 Å². The smallest absolute Gasteiger partial charge is 0.419 e. The fourth-order valence-electron chi connectivity index (χ4n) is 6.03. The molecule has 1 aromatic heterocycles. The van der Waals surface area contributed by atoms with Gasteiger partial charge in [0.25, 0.3) is 0 Å². The molecule has 7 heteroatoms. The second kappa shape index (κ2) is 11.0. The minimum atomic E-state index is -4.36. The lowest BCUT2D eigenvalue weighted by Crippen LogP contribution is -2.43. The number of piperidine rings is 1. The van der Waals surface area contributed by atoms with Gasteiger partial charge >= 0.3 is 6.18 Å². The number of hydrogen-bond donors (Lipinski definition) is 0. The van der Waals surface area contributed by atoms with Crippen LogP contribution in [-0.4, -0.2) is 60.3 Å². The number of halogens is 3. The summed E-state index contributed by atoms with van der Waals surface area (Å²) in [6, 6.07) is 15.1. The first-order valence-corrected chi connectivity index (χ1v) is 13.4. The van der Waals surface area contributed by atoms with E-state index in [4.69, 9.17) is 9.72 Å². The molecule has 0 amide bonds. The minimum Gasteiger partial charge on any atom is -0.492 e. The van der Waals surface area contributed by atoms with E-state index in [0.717, 1.165) is 44.7 Å². The Labute approximate surface area is 217 Å². The van der Waals surface area contributed by atoms with Gasteiger partial charge in [-0.15, -0.1) is 0 Å². The molecule has 0 radical (unpaired) electrons. The van der Waals surface area contributed by atoms with Gasteiger partial charge in [0.05, 0.1) is 17.3 Å². The van der Waals surface area contributed by atoms with Crippen molar-refractivity contribution in [2.24, 2.45) is 5.41 Å². The highest BCUT2D eigenvalue weighted by molar-refractivity contribution is 5.33. The van der Waals surface area contributed by atoms with Crippen LogP contribution in [0.3, 0.4) is 0 Å². The molecule has 0 N–H and O–H groups in total. The van der Waals surface area contributed by atoms with Gasteiger partial charge in [0, 0.05) is 19.3 Å². The number of rotatable bonds is 7. The lowest BCUT2D eigenvalue weighted by Gasteiger charge is -2.40. The average molecular weight is 512 g/mol. The third-order valence-electron chi connectivity index (χ3n) is 8.19. The van der Waals surface area contributed by atoms with Crippen molar-refractivity contribution in [3.05, 3.63) is 89.0 Å². The molecule has 3 aliphatic rings. The minimum absolute atomic E-state index is 0.00432. The van der Waals surface area contributed by atoms with E-state index in [1.807, 2.05) is 12.3 Å². The molecule has 1 aliphatic carbocycles. The summed E-state index contributed by atoms with van der Waals surface area (Å²) < 4.78 is 45.4. The SMILES string of the molecule is Cc1ccc(C(c2ccccn2)N2CCC3(CCN(CCOC4=CCCC=C4C(F)(F)F)CC3)C2)cc1. The Balaban J connectivity index is 1.17. The summed E-state index contributed by atoms with van der Waals surface area (Å²) in [5.74, 6) is -0.00432. The highest BCUT2D eigenvalue weighted by Crippen LogP contribution is 2.44. The summed E-state index contributed by atoms with van der Waals surface area (Å²) in [5, 5.41) is 0. The number of allylic oxidation sites excluding steroid dienone is 3. The molecular formula is C30H36F3N3O. The maximum absolute atomic E-state index is 13.3. The fraction of sp³-hybridized carbons (Fsp3) is 0.500. The molecule has 2 saturated heterocycles. The topological polar surface area (TPSA) is 28.6 Å². The van der Waals surface area contributed by atoms with Gasteiger partial charge in [-0.1, -0.05) is 42.0 Å². The standard InChI is InChI=1S/C30H36F3N3O/c1-23-9-11-24(12-10-23)28(26-7-4-5-16-34-26)36-19-15-29(22-36)13-17-35(18-14-29)20-21-37-27-8-3-2-6-25(27)30(31,32)33/h4-12,16,28H,2-3,13-15,17-22H2,1H3. The third kappa shape index (κ3) is 6.10. The predicted molar refractivity (Wildman–Crippen MR) is 139 cm³/mol. The van der Waals surface area contributed by atoms with Gasteiger partial charge in [0.1, 0.15) is 12.4 Å². The van der Waals surface area contributed by atoms with Gasteiger partial charge in [-0.05, 0) is 87.8 Å². The summed E-state index contributed by atoms with van der Waals surface area (Å²) in [6.07, 6.45) is 4.72. The van der Waals surface area contributed by atoms with Crippen LogP contribution in [0.15, 0.2) is 72.1 Å². The summed E-state index contributed by atoms with van der Waals surface area (Å²) in [6.45, 7) is 7.04. The number of nitrogens with zero attached hydrogens (tertiary/aromatic N) is 3. The third-order valence-corrected chi connectivity index (χ3v) is 8.19.